The third-order valence-corrected chi connectivity index (χ3v) is 1.75. The van der Waals surface area contributed by atoms with E-state index in [9.17, 15) is 19.8 Å². The van der Waals surface area contributed by atoms with Gasteiger partial charge in [-0.15, -0.1) is 0 Å². The van der Waals surface area contributed by atoms with Gasteiger partial charge in [0.15, 0.2) is 0 Å². The van der Waals surface area contributed by atoms with Gasteiger partial charge < -0.3 is 34.4 Å². The van der Waals surface area contributed by atoms with Crippen molar-refractivity contribution in [2.45, 2.75) is 18.3 Å². The number of carbonyl (C=O) groups is 2. The van der Waals surface area contributed by atoms with Gasteiger partial charge in [0, 0.05) is 12.4 Å². The van der Waals surface area contributed by atoms with E-state index >= 15 is 0 Å². The molecule has 14 heavy (non-hydrogen) atoms. The summed E-state index contributed by atoms with van der Waals surface area (Å²) in [5.74, 6) is -5.75. The lowest BCUT2D eigenvalue weighted by Gasteiger charge is -2.28. The minimum atomic E-state index is -2.33. The second kappa shape index (κ2) is 3.91. The molecule has 0 aliphatic carbocycles. The molecule has 0 unspecified atom stereocenters. The Kier molecular flexibility index (Phi) is 3.04. The van der Waals surface area contributed by atoms with Gasteiger partial charge in [0.05, 0.1) is 13.2 Å². The van der Waals surface area contributed by atoms with Crippen molar-refractivity contribution in [1.82, 2.24) is 0 Å². The van der Waals surface area contributed by atoms with E-state index in [-0.39, 0.29) is 6.61 Å². The van der Waals surface area contributed by atoms with Gasteiger partial charge in [-0.25, -0.2) is 0 Å². The van der Waals surface area contributed by atoms with Gasteiger partial charge >= 0.3 is 0 Å². The van der Waals surface area contributed by atoms with Crippen molar-refractivity contribution in [3.63, 3.8) is 0 Å². The summed E-state index contributed by atoms with van der Waals surface area (Å²) < 4.78 is 9.37. The summed E-state index contributed by atoms with van der Waals surface area (Å²) in [6, 6.07) is 0. The molecule has 7 heteroatoms. The minimum absolute atomic E-state index is 0.197. The number of hydrogen-bond acceptors (Lipinski definition) is 7. The number of aliphatic carboxylic acids is 2. The zero-order valence-electron chi connectivity index (χ0n) is 7.10. The van der Waals surface area contributed by atoms with Crippen LogP contribution in [0.3, 0.4) is 0 Å². The molecule has 0 aromatic rings. The van der Waals surface area contributed by atoms with Crippen molar-refractivity contribution in [1.29, 1.82) is 0 Å². The number of carboxylic acids is 2. The van der Waals surface area contributed by atoms with Crippen LogP contribution >= 0.6 is 0 Å². The number of carbonyl (C=O) groups excluding carboxylic acids is 2. The monoisotopic (exact) mass is 204 g/mol. The molecule has 0 bridgehead atoms. The molecule has 0 radical (unpaired) electrons. The first-order chi connectivity index (χ1) is 6.50. The third-order valence-electron chi connectivity index (χ3n) is 1.75. The SMILES string of the molecule is O=C([O-])C[C@]1(C(=O)[O-])OC[C@@H](CO)O1. The summed E-state index contributed by atoms with van der Waals surface area (Å²) in [4.78, 5) is 20.8. The predicted octanol–water partition coefficient (Wildman–Crippen LogP) is -4.02. The molecule has 1 heterocycles. The molecule has 0 aromatic heterocycles. The lowest BCUT2D eigenvalue weighted by molar-refractivity contribution is -0.355. The highest BCUT2D eigenvalue weighted by molar-refractivity contribution is 5.80. The van der Waals surface area contributed by atoms with Crippen LogP contribution in [0.1, 0.15) is 6.42 Å². The van der Waals surface area contributed by atoms with Gasteiger partial charge in [-0.1, -0.05) is 0 Å². The van der Waals surface area contributed by atoms with Crippen LogP contribution in [0.25, 0.3) is 0 Å². The van der Waals surface area contributed by atoms with Crippen LogP contribution in [-0.2, 0) is 19.1 Å². The van der Waals surface area contributed by atoms with E-state index in [1.807, 2.05) is 0 Å². The fraction of sp³-hybridized carbons (Fsp3) is 0.714. The summed E-state index contributed by atoms with van der Waals surface area (Å²) in [5, 5.41) is 29.5. The predicted molar refractivity (Wildman–Crippen MR) is 35.3 cm³/mol. The Morgan fingerprint density at radius 2 is 2.14 bits per heavy atom. The smallest absolute Gasteiger partial charge is 0.215 e. The first-order valence-electron chi connectivity index (χ1n) is 3.84. The van der Waals surface area contributed by atoms with Gasteiger partial charge in [-0.2, -0.15) is 0 Å². The third kappa shape index (κ3) is 2.00. The molecule has 1 fully saturated rings. The Bertz CT molecular complexity index is 250. The van der Waals surface area contributed by atoms with Crippen LogP contribution in [0.4, 0.5) is 0 Å². The quantitative estimate of drug-likeness (QED) is 0.495. The van der Waals surface area contributed by atoms with Gasteiger partial charge in [0.1, 0.15) is 12.1 Å². The van der Waals surface area contributed by atoms with E-state index in [0.717, 1.165) is 0 Å². The molecule has 0 spiro atoms. The first-order valence-corrected chi connectivity index (χ1v) is 3.84. The maximum Gasteiger partial charge on any atom is 0.215 e. The molecule has 1 saturated heterocycles. The summed E-state index contributed by atoms with van der Waals surface area (Å²) >= 11 is 0. The highest BCUT2D eigenvalue weighted by Crippen LogP contribution is 2.26. The Morgan fingerprint density at radius 3 is 2.50 bits per heavy atom. The number of hydrogen-bond donors (Lipinski definition) is 1. The molecule has 1 rings (SSSR count). The average molecular weight is 204 g/mol. The molecule has 0 aromatic carbocycles. The van der Waals surface area contributed by atoms with Gasteiger partial charge in [0.2, 0.25) is 5.79 Å². The van der Waals surface area contributed by atoms with E-state index in [4.69, 9.17) is 9.84 Å². The van der Waals surface area contributed by atoms with E-state index in [2.05, 4.69) is 4.74 Å². The highest BCUT2D eigenvalue weighted by atomic mass is 16.8. The number of carboxylic acid groups (broad SMARTS) is 2. The normalized spacial score (nSPS) is 31.6. The average Bonchev–Trinajstić information content (AvgIpc) is 2.48. The van der Waals surface area contributed by atoms with Gasteiger partial charge in [-0.05, 0) is 0 Å². The van der Waals surface area contributed by atoms with Crippen molar-refractivity contribution in [2.75, 3.05) is 13.2 Å². The van der Waals surface area contributed by atoms with E-state index < -0.39 is 36.9 Å². The largest absolute Gasteiger partial charge is 0.550 e. The van der Waals surface area contributed by atoms with Crippen LogP contribution < -0.4 is 10.2 Å². The molecule has 2 atom stereocenters. The van der Waals surface area contributed by atoms with E-state index in [1.54, 1.807) is 0 Å². The summed E-state index contributed by atoms with van der Waals surface area (Å²) in [5.41, 5.74) is 0. The van der Waals surface area contributed by atoms with Gasteiger partial charge in [-0.3, -0.25) is 0 Å². The second-order valence-electron chi connectivity index (χ2n) is 2.82. The summed E-state index contributed by atoms with van der Waals surface area (Å²) in [7, 11) is 0. The number of ether oxygens (including phenoxy) is 2. The van der Waals surface area contributed by atoms with E-state index in [0.29, 0.717) is 0 Å². The molecule has 7 nitrogen and oxygen atoms in total. The van der Waals surface area contributed by atoms with Crippen molar-refractivity contribution in [3.8, 4) is 0 Å². The lowest BCUT2D eigenvalue weighted by atomic mass is 10.2. The van der Waals surface area contributed by atoms with Crippen molar-refractivity contribution in [2.24, 2.45) is 0 Å². The number of rotatable bonds is 4. The molecular weight excluding hydrogens is 196 g/mol. The van der Waals surface area contributed by atoms with E-state index in [1.165, 1.54) is 0 Å². The fourth-order valence-corrected chi connectivity index (χ4v) is 1.12. The molecule has 1 N–H and O–H groups in total. The lowest BCUT2D eigenvalue weighted by Crippen LogP contribution is -2.52. The summed E-state index contributed by atoms with van der Waals surface area (Å²) in [6.07, 6.45) is -1.82. The van der Waals surface area contributed by atoms with Crippen LogP contribution in [0.2, 0.25) is 0 Å². The van der Waals surface area contributed by atoms with Crippen molar-refractivity contribution in [3.05, 3.63) is 0 Å². The zero-order chi connectivity index (χ0) is 10.8. The molecule has 0 saturated carbocycles. The Labute approximate surface area is 78.9 Å². The number of aliphatic hydroxyl groups is 1. The minimum Gasteiger partial charge on any atom is -0.550 e. The Morgan fingerprint density at radius 1 is 1.50 bits per heavy atom. The van der Waals surface area contributed by atoms with Crippen LogP contribution in [-0.4, -0.2) is 42.1 Å². The number of aliphatic hydroxyl groups excluding tert-OH is 1. The maximum absolute atomic E-state index is 10.6. The van der Waals surface area contributed by atoms with Crippen LogP contribution in [0.15, 0.2) is 0 Å². The second-order valence-corrected chi connectivity index (χ2v) is 2.82. The van der Waals surface area contributed by atoms with Gasteiger partial charge in [0.25, 0.3) is 0 Å². The van der Waals surface area contributed by atoms with Crippen LogP contribution in [0, 0.1) is 0 Å². The maximum atomic E-state index is 10.6. The van der Waals surface area contributed by atoms with Crippen molar-refractivity contribution < 1.29 is 34.4 Å². The molecule has 1 aliphatic heterocycles. The summed E-state index contributed by atoms with van der Waals surface area (Å²) in [6.45, 7) is -0.653. The fourth-order valence-electron chi connectivity index (χ4n) is 1.12. The highest BCUT2D eigenvalue weighted by Gasteiger charge is 2.43. The Balaban J connectivity index is 2.75. The first kappa shape index (κ1) is 10.9. The molecule has 0 amide bonds. The molecule has 1 aliphatic rings. The molecule has 80 valence electrons. The standard InChI is InChI=1S/C7H10O7/c8-2-4-3-13-7(14-4,6(11)12)1-5(9)10/h4,8H,1-3H2,(H,9,10)(H,11,12)/p-2/t4-,7+/m1/s1. The van der Waals surface area contributed by atoms with Crippen LogP contribution in [0.5, 0.6) is 0 Å². The molecular formula is C7H8O7-2. The van der Waals surface area contributed by atoms with Crippen molar-refractivity contribution >= 4 is 11.9 Å². The zero-order valence-corrected chi connectivity index (χ0v) is 7.10. The Hall–Kier alpha value is -1.18. The topological polar surface area (TPSA) is 119 Å².